The second-order valence-corrected chi connectivity index (χ2v) is 4.27. The Balaban J connectivity index is 2.40. The predicted molar refractivity (Wildman–Crippen MR) is 66.4 cm³/mol. The molecule has 0 saturated heterocycles. The molecule has 2 aromatic rings. The molecule has 0 bridgehead atoms. The van der Waals surface area contributed by atoms with Crippen LogP contribution in [-0.4, -0.2) is 5.11 Å². The molecule has 88 valence electrons. The van der Waals surface area contributed by atoms with Gasteiger partial charge in [-0.05, 0) is 36.6 Å². The first-order valence-corrected chi connectivity index (χ1v) is 5.59. The van der Waals surface area contributed by atoms with Crippen molar-refractivity contribution in [2.75, 3.05) is 0 Å². The van der Waals surface area contributed by atoms with Crippen molar-refractivity contribution >= 4 is 0 Å². The molecular weight excluding hydrogens is 215 g/mol. The number of hydrogen-bond donors (Lipinski definition) is 1. The van der Waals surface area contributed by atoms with E-state index >= 15 is 0 Å². The van der Waals surface area contributed by atoms with Crippen LogP contribution in [0.2, 0.25) is 0 Å². The molecule has 0 heterocycles. The average molecular weight is 230 g/mol. The van der Waals surface area contributed by atoms with Gasteiger partial charge in [0.1, 0.15) is 11.9 Å². The minimum atomic E-state index is -0.907. The Bertz CT molecular complexity index is 534. The lowest BCUT2D eigenvalue weighted by atomic mass is 9.98. The Morgan fingerprint density at radius 3 is 2.35 bits per heavy atom. The zero-order chi connectivity index (χ0) is 12.4. The standard InChI is InChI=1S/C15H15FO/c1-10-7-8-12(9-11(10)2)15(17)13-5-3-4-6-14(13)16/h3-9,15,17H,1-2H3/t15-/m1/s1. The highest BCUT2D eigenvalue weighted by molar-refractivity contribution is 5.36. The molecule has 2 aromatic carbocycles. The Morgan fingerprint density at radius 2 is 1.71 bits per heavy atom. The summed E-state index contributed by atoms with van der Waals surface area (Å²) in [5.41, 5.74) is 3.29. The maximum atomic E-state index is 13.5. The number of aryl methyl sites for hydroxylation is 2. The Labute approximate surface area is 101 Å². The van der Waals surface area contributed by atoms with E-state index in [4.69, 9.17) is 0 Å². The van der Waals surface area contributed by atoms with Crippen LogP contribution in [0.4, 0.5) is 4.39 Å². The van der Waals surface area contributed by atoms with Gasteiger partial charge >= 0.3 is 0 Å². The van der Waals surface area contributed by atoms with Gasteiger partial charge < -0.3 is 5.11 Å². The van der Waals surface area contributed by atoms with Crippen LogP contribution in [-0.2, 0) is 0 Å². The van der Waals surface area contributed by atoms with Crippen LogP contribution in [0.25, 0.3) is 0 Å². The molecule has 0 saturated carbocycles. The molecule has 1 nitrogen and oxygen atoms in total. The number of benzene rings is 2. The van der Waals surface area contributed by atoms with E-state index in [9.17, 15) is 9.50 Å². The van der Waals surface area contributed by atoms with E-state index in [0.717, 1.165) is 16.7 Å². The molecule has 0 aromatic heterocycles. The lowest BCUT2D eigenvalue weighted by molar-refractivity contribution is 0.215. The van der Waals surface area contributed by atoms with Crippen LogP contribution >= 0.6 is 0 Å². The van der Waals surface area contributed by atoms with Crippen molar-refractivity contribution in [1.82, 2.24) is 0 Å². The van der Waals surface area contributed by atoms with Gasteiger partial charge in [-0.2, -0.15) is 0 Å². The van der Waals surface area contributed by atoms with Crippen molar-refractivity contribution in [1.29, 1.82) is 0 Å². The molecule has 0 aliphatic heterocycles. The third kappa shape index (κ3) is 2.37. The smallest absolute Gasteiger partial charge is 0.129 e. The van der Waals surface area contributed by atoms with Crippen LogP contribution in [0, 0.1) is 19.7 Å². The minimum Gasteiger partial charge on any atom is -0.384 e. The van der Waals surface area contributed by atoms with Gasteiger partial charge in [-0.3, -0.25) is 0 Å². The van der Waals surface area contributed by atoms with Gasteiger partial charge in [-0.15, -0.1) is 0 Å². The molecule has 0 spiro atoms. The second-order valence-electron chi connectivity index (χ2n) is 4.27. The molecule has 0 aliphatic carbocycles. The van der Waals surface area contributed by atoms with Crippen molar-refractivity contribution in [2.45, 2.75) is 20.0 Å². The zero-order valence-corrected chi connectivity index (χ0v) is 9.94. The molecule has 2 heteroatoms. The third-order valence-electron chi connectivity index (χ3n) is 3.05. The molecule has 0 unspecified atom stereocenters. The van der Waals surface area contributed by atoms with E-state index in [2.05, 4.69) is 0 Å². The normalized spacial score (nSPS) is 12.5. The highest BCUT2D eigenvalue weighted by Crippen LogP contribution is 2.25. The molecule has 0 radical (unpaired) electrons. The maximum Gasteiger partial charge on any atom is 0.129 e. The molecule has 1 N–H and O–H groups in total. The molecule has 17 heavy (non-hydrogen) atoms. The van der Waals surface area contributed by atoms with E-state index in [-0.39, 0.29) is 5.82 Å². The monoisotopic (exact) mass is 230 g/mol. The summed E-state index contributed by atoms with van der Waals surface area (Å²) in [5.74, 6) is -0.377. The summed E-state index contributed by atoms with van der Waals surface area (Å²) < 4.78 is 13.5. The van der Waals surface area contributed by atoms with Gasteiger partial charge in [0.15, 0.2) is 0 Å². The van der Waals surface area contributed by atoms with E-state index < -0.39 is 6.10 Å². The van der Waals surface area contributed by atoms with Crippen LogP contribution in [0.5, 0.6) is 0 Å². The van der Waals surface area contributed by atoms with Crippen LogP contribution < -0.4 is 0 Å². The van der Waals surface area contributed by atoms with Crippen molar-refractivity contribution in [3.05, 3.63) is 70.5 Å². The van der Waals surface area contributed by atoms with Crippen molar-refractivity contribution < 1.29 is 9.50 Å². The summed E-state index contributed by atoms with van der Waals surface area (Å²) in [5, 5.41) is 10.1. The van der Waals surface area contributed by atoms with Gasteiger partial charge in [-0.25, -0.2) is 4.39 Å². The minimum absolute atomic E-state index is 0.316. The third-order valence-corrected chi connectivity index (χ3v) is 3.05. The average Bonchev–Trinajstić information content (AvgIpc) is 2.32. The number of rotatable bonds is 2. The number of aliphatic hydroxyl groups excluding tert-OH is 1. The predicted octanol–water partition coefficient (Wildman–Crippen LogP) is 3.52. The van der Waals surface area contributed by atoms with E-state index in [1.54, 1.807) is 18.2 Å². The lowest BCUT2D eigenvalue weighted by Crippen LogP contribution is -2.03. The summed E-state index contributed by atoms with van der Waals surface area (Å²) in [7, 11) is 0. The number of aliphatic hydroxyl groups is 1. The summed E-state index contributed by atoms with van der Waals surface area (Å²) in [6.45, 7) is 3.99. The molecule has 1 atom stereocenters. The first-order valence-electron chi connectivity index (χ1n) is 5.59. The molecule has 0 amide bonds. The van der Waals surface area contributed by atoms with Gasteiger partial charge in [0.25, 0.3) is 0 Å². The summed E-state index contributed by atoms with van der Waals surface area (Å²) in [4.78, 5) is 0. The van der Waals surface area contributed by atoms with Crippen molar-refractivity contribution in [2.24, 2.45) is 0 Å². The van der Waals surface area contributed by atoms with Crippen LogP contribution in [0.1, 0.15) is 28.4 Å². The first kappa shape index (κ1) is 11.8. The summed E-state index contributed by atoms with van der Waals surface area (Å²) >= 11 is 0. The van der Waals surface area contributed by atoms with Gasteiger partial charge in [-0.1, -0.05) is 36.4 Å². The Morgan fingerprint density at radius 1 is 1.00 bits per heavy atom. The van der Waals surface area contributed by atoms with E-state index in [0.29, 0.717) is 5.56 Å². The van der Waals surface area contributed by atoms with Crippen LogP contribution in [0.15, 0.2) is 42.5 Å². The highest BCUT2D eigenvalue weighted by atomic mass is 19.1. The number of halogens is 1. The largest absolute Gasteiger partial charge is 0.384 e. The first-order chi connectivity index (χ1) is 8.09. The van der Waals surface area contributed by atoms with Crippen molar-refractivity contribution in [3.8, 4) is 0 Å². The Kier molecular flexibility index (Phi) is 3.25. The second kappa shape index (κ2) is 4.68. The maximum absolute atomic E-state index is 13.5. The molecule has 2 rings (SSSR count). The fraction of sp³-hybridized carbons (Fsp3) is 0.200. The topological polar surface area (TPSA) is 20.2 Å². The van der Waals surface area contributed by atoms with Crippen molar-refractivity contribution in [3.63, 3.8) is 0 Å². The molecule has 0 aliphatic rings. The van der Waals surface area contributed by atoms with Gasteiger partial charge in [0.05, 0.1) is 0 Å². The Hall–Kier alpha value is -1.67. The van der Waals surface area contributed by atoms with Gasteiger partial charge in [0.2, 0.25) is 0 Å². The fourth-order valence-corrected chi connectivity index (χ4v) is 1.81. The van der Waals surface area contributed by atoms with E-state index in [1.165, 1.54) is 6.07 Å². The van der Waals surface area contributed by atoms with Crippen LogP contribution in [0.3, 0.4) is 0 Å². The highest BCUT2D eigenvalue weighted by Gasteiger charge is 2.14. The SMILES string of the molecule is Cc1ccc([C@@H](O)c2ccccc2F)cc1C. The quantitative estimate of drug-likeness (QED) is 0.836. The van der Waals surface area contributed by atoms with Gasteiger partial charge in [0, 0.05) is 5.56 Å². The summed E-state index contributed by atoms with van der Waals surface area (Å²) in [6.07, 6.45) is -0.907. The molecule has 0 fully saturated rings. The summed E-state index contributed by atoms with van der Waals surface area (Å²) in [6, 6.07) is 12.0. The number of hydrogen-bond acceptors (Lipinski definition) is 1. The zero-order valence-electron chi connectivity index (χ0n) is 9.94. The lowest BCUT2D eigenvalue weighted by Gasteiger charge is -2.13. The molecular formula is C15H15FO. The fourth-order valence-electron chi connectivity index (χ4n) is 1.81. The van der Waals surface area contributed by atoms with E-state index in [1.807, 2.05) is 32.0 Å².